The van der Waals surface area contributed by atoms with Crippen LogP contribution < -0.4 is 0 Å². The van der Waals surface area contributed by atoms with Gasteiger partial charge in [-0.1, -0.05) is 31.9 Å². The van der Waals surface area contributed by atoms with Crippen molar-refractivity contribution in [1.82, 2.24) is 9.97 Å². The molecule has 100 valence electrons. The minimum absolute atomic E-state index is 0.383. The highest BCUT2D eigenvalue weighted by atomic mass is 79.9. The van der Waals surface area contributed by atoms with Crippen LogP contribution >= 0.6 is 31.9 Å². The minimum atomic E-state index is 0.383. The van der Waals surface area contributed by atoms with Gasteiger partial charge in [0.25, 0.3) is 0 Å². The maximum absolute atomic E-state index is 7.84. The lowest BCUT2D eigenvalue weighted by Crippen LogP contribution is -1.86. The summed E-state index contributed by atoms with van der Waals surface area (Å²) < 4.78 is 1.93. The Labute approximate surface area is 134 Å². The van der Waals surface area contributed by atoms with Crippen LogP contribution in [-0.2, 0) is 0 Å². The zero-order valence-electron chi connectivity index (χ0n) is 10.4. The van der Waals surface area contributed by atoms with Crippen LogP contribution in [0.5, 0.6) is 0 Å². The van der Waals surface area contributed by atoms with E-state index < -0.39 is 0 Å². The molecule has 5 heteroatoms. The van der Waals surface area contributed by atoms with Crippen molar-refractivity contribution in [2.24, 2.45) is 0 Å². The minimum Gasteiger partial charge on any atom is -0.301 e. The second-order valence-electron chi connectivity index (χ2n) is 3.92. The number of pyridine rings is 2. The zero-order chi connectivity index (χ0) is 14.4. The molecule has 0 unspecified atom stereocenters. The van der Waals surface area contributed by atoms with Crippen molar-refractivity contribution >= 4 is 49.7 Å². The first-order chi connectivity index (χ1) is 9.63. The maximum Gasteiger partial charge on any atom is 0.0641 e. The molecule has 0 saturated carbocycles. The average molecular weight is 393 g/mol. The predicted molar refractivity (Wildman–Crippen MR) is 89.7 cm³/mol. The average Bonchev–Trinajstić information content (AvgIpc) is 2.43. The van der Waals surface area contributed by atoms with Gasteiger partial charge in [-0.25, -0.2) is 0 Å². The third kappa shape index (κ3) is 4.83. The predicted octanol–water partition coefficient (Wildman–Crippen LogP) is 4.75. The third-order valence-electron chi connectivity index (χ3n) is 2.35. The standard InChI is InChI=1S/C15H11Br2N3/c16-11-5-7-19-14(9-11)3-1-13(18)2-4-15-10-12(17)6-8-20-15/h1-10,18H/b3-1+,4-2+. The van der Waals surface area contributed by atoms with Crippen molar-refractivity contribution in [3.63, 3.8) is 0 Å². The summed E-state index contributed by atoms with van der Waals surface area (Å²) in [6, 6.07) is 7.51. The summed E-state index contributed by atoms with van der Waals surface area (Å²) >= 11 is 6.77. The van der Waals surface area contributed by atoms with Crippen molar-refractivity contribution in [3.8, 4) is 0 Å². The van der Waals surface area contributed by atoms with Crippen molar-refractivity contribution in [2.45, 2.75) is 0 Å². The highest BCUT2D eigenvalue weighted by molar-refractivity contribution is 9.10. The zero-order valence-corrected chi connectivity index (χ0v) is 13.6. The molecule has 3 nitrogen and oxygen atoms in total. The van der Waals surface area contributed by atoms with E-state index in [-0.39, 0.29) is 0 Å². The summed E-state index contributed by atoms with van der Waals surface area (Å²) in [5.41, 5.74) is 1.99. The van der Waals surface area contributed by atoms with E-state index in [0.29, 0.717) is 5.71 Å². The molecule has 0 atom stereocenters. The summed E-state index contributed by atoms with van der Waals surface area (Å²) in [4.78, 5) is 8.37. The fourth-order valence-electron chi connectivity index (χ4n) is 1.43. The Balaban J connectivity index is 2.02. The lowest BCUT2D eigenvalue weighted by molar-refractivity contribution is 1.28. The lowest BCUT2D eigenvalue weighted by atomic mass is 10.2. The van der Waals surface area contributed by atoms with Crippen LogP contribution in [0.25, 0.3) is 12.2 Å². The molecule has 0 fully saturated rings. The second-order valence-corrected chi connectivity index (χ2v) is 5.75. The molecule has 0 amide bonds. The van der Waals surface area contributed by atoms with Crippen molar-refractivity contribution in [1.29, 1.82) is 5.41 Å². The number of hydrogen-bond acceptors (Lipinski definition) is 3. The molecular weight excluding hydrogens is 382 g/mol. The van der Waals surface area contributed by atoms with Gasteiger partial charge in [0.05, 0.1) is 17.1 Å². The molecule has 0 radical (unpaired) electrons. The fraction of sp³-hybridized carbons (Fsp3) is 0. The van der Waals surface area contributed by atoms with Crippen molar-refractivity contribution in [3.05, 3.63) is 69.1 Å². The van der Waals surface area contributed by atoms with E-state index in [1.807, 2.05) is 24.3 Å². The Kier molecular flexibility index (Phi) is 5.38. The number of halogens is 2. The Morgan fingerprint density at radius 2 is 1.35 bits per heavy atom. The third-order valence-corrected chi connectivity index (χ3v) is 3.34. The number of rotatable bonds is 4. The fourth-order valence-corrected chi connectivity index (χ4v) is 2.14. The normalized spacial score (nSPS) is 11.3. The molecule has 2 aromatic heterocycles. The molecule has 0 spiro atoms. The molecule has 2 rings (SSSR count). The molecular formula is C15H11Br2N3. The van der Waals surface area contributed by atoms with Gasteiger partial charge in [-0.05, 0) is 48.6 Å². The van der Waals surface area contributed by atoms with E-state index in [9.17, 15) is 0 Å². The topological polar surface area (TPSA) is 49.6 Å². The molecule has 1 N–H and O–H groups in total. The Morgan fingerprint density at radius 1 is 0.900 bits per heavy atom. The van der Waals surface area contributed by atoms with E-state index in [0.717, 1.165) is 20.3 Å². The smallest absolute Gasteiger partial charge is 0.0641 e. The van der Waals surface area contributed by atoms with Gasteiger partial charge in [-0.2, -0.15) is 0 Å². The van der Waals surface area contributed by atoms with Crippen LogP contribution in [0.4, 0.5) is 0 Å². The molecule has 0 aliphatic carbocycles. The first-order valence-electron chi connectivity index (χ1n) is 5.81. The largest absolute Gasteiger partial charge is 0.301 e. The monoisotopic (exact) mass is 391 g/mol. The number of nitrogens with zero attached hydrogens (tertiary/aromatic N) is 2. The molecule has 20 heavy (non-hydrogen) atoms. The summed E-state index contributed by atoms with van der Waals surface area (Å²) in [6.45, 7) is 0. The van der Waals surface area contributed by atoms with Gasteiger partial charge in [0.2, 0.25) is 0 Å². The number of hydrogen-bond donors (Lipinski definition) is 1. The first-order valence-corrected chi connectivity index (χ1v) is 7.40. The molecule has 0 aliphatic rings. The van der Waals surface area contributed by atoms with Crippen LogP contribution in [0, 0.1) is 5.41 Å². The van der Waals surface area contributed by atoms with Crippen LogP contribution in [0.15, 0.2) is 57.8 Å². The van der Waals surface area contributed by atoms with Crippen LogP contribution in [0.2, 0.25) is 0 Å². The van der Waals surface area contributed by atoms with Gasteiger partial charge in [0.1, 0.15) is 0 Å². The SMILES string of the molecule is N=C(/C=C/c1cc(Br)ccn1)/C=C/c1cc(Br)ccn1. The second kappa shape index (κ2) is 7.26. The summed E-state index contributed by atoms with van der Waals surface area (Å²) in [5.74, 6) is 0. The summed E-state index contributed by atoms with van der Waals surface area (Å²) in [7, 11) is 0. The van der Waals surface area contributed by atoms with Crippen LogP contribution in [0.3, 0.4) is 0 Å². The number of aromatic nitrogens is 2. The van der Waals surface area contributed by atoms with E-state index in [4.69, 9.17) is 5.41 Å². The van der Waals surface area contributed by atoms with Crippen molar-refractivity contribution < 1.29 is 0 Å². The molecule has 0 saturated heterocycles. The van der Waals surface area contributed by atoms with Gasteiger partial charge in [-0.3, -0.25) is 9.97 Å². The molecule has 2 heterocycles. The highest BCUT2D eigenvalue weighted by Gasteiger charge is 1.92. The molecule has 0 aliphatic heterocycles. The Morgan fingerprint density at radius 3 is 1.75 bits per heavy atom. The van der Waals surface area contributed by atoms with Gasteiger partial charge < -0.3 is 5.41 Å². The maximum atomic E-state index is 7.84. The van der Waals surface area contributed by atoms with Crippen LogP contribution in [0.1, 0.15) is 11.4 Å². The van der Waals surface area contributed by atoms with Crippen LogP contribution in [-0.4, -0.2) is 15.7 Å². The van der Waals surface area contributed by atoms with Gasteiger partial charge in [0.15, 0.2) is 0 Å². The molecule has 2 aromatic rings. The molecule has 0 bridgehead atoms. The lowest BCUT2D eigenvalue weighted by Gasteiger charge is -1.94. The van der Waals surface area contributed by atoms with E-state index in [2.05, 4.69) is 41.8 Å². The van der Waals surface area contributed by atoms with Gasteiger partial charge >= 0.3 is 0 Å². The van der Waals surface area contributed by atoms with Gasteiger partial charge in [0, 0.05) is 21.3 Å². The summed E-state index contributed by atoms with van der Waals surface area (Å²) in [5, 5.41) is 7.84. The Hall–Kier alpha value is -1.59. The number of nitrogens with one attached hydrogen (secondary N) is 1. The quantitative estimate of drug-likeness (QED) is 0.763. The number of allylic oxidation sites excluding steroid dienone is 2. The summed E-state index contributed by atoms with van der Waals surface area (Å²) in [6.07, 6.45) is 10.4. The van der Waals surface area contributed by atoms with Crippen molar-refractivity contribution in [2.75, 3.05) is 0 Å². The Bertz CT molecular complexity index is 621. The highest BCUT2D eigenvalue weighted by Crippen LogP contribution is 2.11. The van der Waals surface area contributed by atoms with E-state index in [1.165, 1.54) is 0 Å². The van der Waals surface area contributed by atoms with E-state index in [1.54, 1.807) is 36.7 Å². The molecule has 0 aromatic carbocycles. The van der Waals surface area contributed by atoms with Gasteiger partial charge in [-0.15, -0.1) is 0 Å². The first kappa shape index (κ1) is 14.8. The van der Waals surface area contributed by atoms with E-state index >= 15 is 0 Å².